The van der Waals surface area contributed by atoms with Crippen LogP contribution in [0, 0.1) is 6.92 Å². The van der Waals surface area contributed by atoms with Crippen molar-refractivity contribution in [3.05, 3.63) is 59.1 Å². The maximum atomic E-state index is 5.81. The lowest BCUT2D eigenvalue weighted by atomic mass is 10.2. The van der Waals surface area contributed by atoms with Crippen LogP contribution in [0.25, 0.3) is 11.0 Å². The van der Waals surface area contributed by atoms with E-state index in [1.807, 2.05) is 18.2 Å². The number of aliphatic imine (C=N–C) groups is 1. The molecule has 1 aromatic carbocycles. The predicted octanol–water partition coefficient (Wildman–Crippen LogP) is 3.19. The molecule has 0 unspecified atom stereocenters. The highest BCUT2D eigenvalue weighted by molar-refractivity contribution is 6.29. The summed E-state index contributed by atoms with van der Waals surface area (Å²) in [6.07, 6.45) is 3.66. The van der Waals surface area contributed by atoms with Gasteiger partial charge < -0.3 is 15.2 Å². The van der Waals surface area contributed by atoms with Crippen molar-refractivity contribution in [2.45, 2.75) is 26.3 Å². The Morgan fingerprint density at radius 2 is 1.96 bits per heavy atom. The van der Waals surface area contributed by atoms with Gasteiger partial charge in [-0.05, 0) is 43.5 Å². The second kappa shape index (κ2) is 9.37. The largest absolute Gasteiger partial charge is 0.356 e. The Morgan fingerprint density at radius 1 is 1.15 bits per heavy atom. The number of rotatable bonds is 7. The first-order chi connectivity index (χ1) is 13.2. The van der Waals surface area contributed by atoms with Gasteiger partial charge in [0.25, 0.3) is 0 Å². The molecule has 7 heteroatoms. The van der Waals surface area contributed by atoms with Crippen molar-refractivity contribution in [3.63, 3.8) is 0 Å². The fourth-order valence-electron chi connectivity index (χ4n) is 3.02. The minimum Gasteiger partial charge on any atom is -0.356 e. The number of nitrogens with zero attached hydrogens (tertiary/aromatic N) is 4. The Labute approximate surface area is 164 Å². The molecule has 0 fully saturated rings. The Balaban J connectivity index is 1.42. The van der Waals surface area contributed by atoms with Crippen molar-refractivity contribution in [1.82, 2.24) is 25.2 Å². The first kappa shape index (κ1) is 19.2. The molecule has 2 heterocycles. The van der Waals surface area contributed by atoms with E-state index in [-0.39, 0.29) is 0 Å². The minimum atomic E-state index is 0.519. The van der Waals surface area contributed by atoms with Gasteiger partial charge in [0.1, 0.15) is 11.0 Å². The van der Waals surface area contributed by atoms with Gasteiger partial charge in [-0.1, -0.05) is 29.8 Å². The van der Waals surface area contributed by atoms with Crippen LogP contribution >= 0.6 is 11.6 Å². The second-order valence-electron chi connectivity index (χ2n) is 6.32. The Hall–Kier alpha value is -2.60. The number of imidazole rings is 1. The van der Waals surface area contributed by atoms with Crippen molar-refractivity contribution < 1.29 is 0 Å². The molecule has 0 amide bonds. The topological polar surface area (TPSA) is 67.1 Å². The summed E-state index contributed by atoms with van der Waals surface area (Å²) in [6.45, 7) is 4.61. The van der Waals surface area contributed by atoms with Gasteiger partial charge in [0.2, 0.25) is 0 Å². The molecule has 0 aliphatic carbocycles. The van der Waals surface area contributed by atoms with E-state index < -0.39 is 0 Å². The third-order valence-corrected chi connectivity index (χ3v) is 4.64. The number of para-hydroxylation sites is 2. The molecule has 0 aliphatic rings. The molecular weight excluding hydrogens is 360 g/mol. The lowest BCUT2D eigenvalue weighted by Crippen LogP contribution is -2.39. The summed E-state index contributed by atoms with van der Waals surface area (Å²) in [5.74, 6) is 1.86. The molecule has 2 N–H and O–H groups in total. The number of halogens is 1. The predicted molar refractivity (Wildman–Crippen MR) is 111 cm³/mol. The van der Waals surface area contributed by atoms with E-state index in [0.29, 0.717) is 5.15 Å². The van der Waals surface area contributed by atoms with Gasteiger partial charge in [-0.25, -0.2) is 9.97 Å². The lowest BCUT2D eigenvalue weighted by molar-refractivity contribution is 0.624. The van der Waals surface area contributed by atoms with Crippen LogP contribution in [0.15, 0.2) is 47.6 Å². The molecule has 0 atom stereocenters. The van der Waals surface area contributed by atoms with Crippen LogP contribution in [0.5, 0.6) is 0 Å². The number of nitrogens with one attached hydrogen (secondary N) is 2. The molecular formula is C20H25ClN6. The van der Waals surface area contributed by atoms with Crippen LogP contribution in [0.4, 0.5) is 0 Å². The SMILES string of the molecule is CN=C(NCCCn1c(C)nc2ccccc21)NCCc1ccc(Cl)nc1. The normalized spacial score (nSPS) is 11.7. The average molecular weight is 385 g/mol. The Bertz CT molecular complexity index is 900. The van der Waals surface area contributed by atoms with Crippen LogP contribution in [-0.2, 0) is 13.0 Å². The van der Waals surface area contributed by atoms with Gasteiger partial charge in [0.05, 0.1) is 11.0 Å². The monoisotopic (exact) mass is 384 g/mol. The summed E-state index contributed by atoms with van der Waals surface area (Å²) in [5.41, 5.74) is 3.39. The van der Waals surface area contributed by atoms with E-state index >= 15 is 0 Å². The average Bonchev–Trinajstić information content (AvgIpc) is 3.00. The molecule has 0 saturated heterocycles. The van der Waals surface area contributed by atoms with Crippen LogP contribution < -0.4 is 10.6 Å². The zero-order chi connectivity index (χ0) is 19.1. The highest BCUT2D eigenvalue weighted by atomic mass is 35.5. The molecule has 27 heavy (non-hydrogen) atoms. The number of hydrogen-bond donors (Lipinski definition) is 2. The smallest absolute Gasteiger partial charge is 0.190 e. The van der Waals surface area contributed by atoms with Crippen LogP contribution in [0.3, 0.4) is 0 Å². The van der Waals surface area contributed by atoms with Gasteiger partial charge in [-0.15, -0.1) is 0 Å². The number of pyridine rings is 1. The number of aryl methyl sites for hydroxylation is 2. The summed E-state index contributed by atoms with van der Waals surface area (Å²) in [6, 6.07) is 12.1. The Morgan fingerprint density at radius 3 is 2.74 bits per heavy atom. The zero-order valence-corrected chi connectivity index (χ0v) is 16.5. The quantitative estimate of drug-likeness (QED) is 0.284. The van der Waals surface area contributed by atoms with Crippen molar-refractivity contribution >= 4 is 28.6 Å². The summed E-state index contributed by atoms with van der Waals surface area (Å²) in [4.78, 5) is 13.0. The molecule has 3 aromatic rings. The lowest BCUT2D eigenvalue weighted by Gasteiger charge is -2.12. The molecule has 6 nitrogen and oxygen atoms in total. The number of hydrogen-bond acceptors (Lipinski definition) is 3. The van der Waals surface area contributed by atoms with Crippen molar-refractivity contribution in [2.24, 2.45) is 4.99 Å². The summed E-state index contributed by atoms with van der Waals surface area (Å²) >= 11 is 5.81. The van der Waals surface area contributed by atoms with Crippen LogP contribution in [-0.4, -0.2) is 40.6 Å². The van der Waals surface area contributed by atoms with E-state index in [1.165, 1.54) is 5.52 Å². The molecule has 2 aromatic heterocycles. The molecule has 0 radical (unpaired) electrons. The first-order valence-electron chi connectivity index (χ1n) is 9.14. The van der Waals surface area contributed by atoms with Gasteiger partial charge in [-0.3, -0.25) is 4.99 Å². The fraction of sp³-hybridized carbons (Fsp3) is 0.350. The molecule has 0 saturated carbocycles. The van der Waals surface area contributed by atoms with E-state index in [4.69, 9.17) is 11.6 Å². The fourth-order valence-corrected chi connectivity index (χ4v) is 3.13. The molecule has 0 bridgehead atoms. The van der Waals surface area contributed by atoms with Gasteiger partial charge in [-0.2, -0.15) is 0 Å². The number of aromatic nitrogens is 3. The summed E-state index contributed by atoms with van der Waals surface area (Å²) < 4.78 is 2.26. The van der Waals surface area contributed by atoms with E-state index in [2.05, 4.69) is 55.3 Å². The molecule has 3 rings (SSSR count). The first-order valence-corrected chi connectivity index (χ1v) is 9.52. The van der Waals surface area contributed by atoms with Gasteiger partial charge in [0, 0.05) is 32.9 Å². The standard InChI is InChI=1S/C20H25ClN6/c1-15-26-17-6-3-4-7-18(17)27(15)13-5-11-23-20(22-2)24-12-10-16-8-9-19(21)25-14-16/h3-4,6-9,14H,5,10-13H2,1-2H3,(H2,22,23,24). The van der Waals surface area contributed by atoms with Gasteiger partial charge in [0.15, 0.2) is 5.96 Å². The van der Waals surface area contributed by atoms with Crippen LogP contribution in [0.1, 0.15) is 17.8 Å². The molecule has 0 spiro atoms. The maximum Gasteiger partial charge on any atom is 0.190 e. The van der Waals surface area contributed by atoms with E-state index in [0.717, 1.165) is 55.3 Å². The number of fused-ring (bicyclic) bond motifs is 1. The van der Waals surface area contributed by atoms with Crippen molar-refractivity contribution in [1.29, 1.82) is 0 Å². The highest BCUT2D eigenvalue weighted by Crippen LogP contribution is 2.15. The van der Waals surface area contributed by atoms with Crippen molar-refractivity contribution in [3.8, 4) is 0 Å². The second-order valence-corrected chi connectivity index (χ2v) is 6.71. The number of benzene rings is 1. The summed E-state index contributed by atoms with van der Waals surface area (Å²) in [7, 11) is 1.78. The van der Waals surface area contributed by atoms with Gasteiger partial charge >= 0.3 is 0 Å². The van der Waals surface area contributed by atoms with E-state index in [1.54, 1.807) is 13.2 Å². The van der Waals surface area contributed by atoms with Crippen molar-refractivity contribution in [2.75, 3.05) is 20.1 Å². The third kappa shape index (κ3) is 5.20. The number of guanidine groups is 1. The zero-order valence-electron chi connectivity index (χ0n) is 15.7. The summed E-state index contributed by atoms with van der Waals surface area (Å²) in [5, 5.41) is 7.21. The Kier molecular flexibility index (Phi) is 6.65. The highest BCUT2D eigenvalue weighted by Gasteiger charge is 2.06. The minimum absolute atomic E-state index is 0.519. The molecule has 0 aliphatic heterocycles. The maximum absolute atomic E-state index is 5.81. The molecule has 142 valence electrons. The third-order valence-electron chi connectivity index (χ3n) is 4.41. The van der Waals surface area contributed by atoms with E-state index in [9.17, 15) is 0 Å². The van der Waals surface area contributed by atoms with Crippen LogP contribution in [0.2, 0.25) is 5.15 Å².